The smallest absolute Gasteiger partial charge is 0.142 e. The van der Waals surface area contributed by atoms with Gasteiger partial charge in [0, 0.05) is 6.04 Å². The van der Waals surface area contributed by atoms with Gasteiger partial charge >= 0.3 is 0 Å². The fourth-order valence-corrected chi connectivity index (χ4v) is 1.85. The van der Waals surface area contributed by atoms with Gasteiger partial charge in [-0.1, -0.05) is 36.4 Å². The molecule has 0 aliphatic heterocycles. The van der Waals surface area contributed by atoms with Gasteiger partial charge in [0.2, 0.25) is 0 Å². The van der Waals surface area contributed by atoms with Crippen molar-refractivity contribution in [2.75, 3.05) is 5.32 Å². The summed E-state index contributed by atoms with van der Waals surface area (Å²) in [6.07, 6.45) is 0.930. The molecular formula is C15H15N3. The Kier molecular flexibility index (Phi) is 3.93. The first kappa shape index (κ1) is 12.1. The zero-order chi connectivity index (χ0) is 12.8. The summed E-state index contributed by atoms with van der Waals surface area (Å²) >= 11 is 0. The standard InChI is InChI=1S/C15H15N3/c1-12(10-13-6-3-2-4-7-13)17-15-9-5-8-14(11-16)18-15/h2-9,12H,10H2,1H3,(H,17,18). The van der Waals surface area contributed by atoms with Gasteiger partial charge in [-0.2, -0.15) is 5.26 Å². The molecule has 0 spiro atoms. The fourth-order valence-electron chi connectivity index (χ4n) is 1.85. The summed E-state index contributed by atoms with van der Waals surface area (Å²) in [6.45, 7) is 2.10. The maximum Gasteiger partial charge on any atom is 0.142 e. The normalized spacial score (nSPS) is 11.6. The predicted molar refractivity (Wildman–Crippen MR) is 72.2 cm³/mol. The molecule has 0 radical (unpaired) electrons. The van der Waals surface area contributed by atoms with Crippen molar-refractivity contribution in [3.05, 3.63) is 59.8 Å². The van der Waals surface area contributed by atoms with Crippen molar-refractivity contribution in [1.82, 2.24) is 4.98 Å². The lowest BCUT2D eigenvalue weighted by Crippen LogP contribution is -2.18. The molecular weight excluding hydrogens is 222 g/mol. The van der Waals surface area contributed by atoms with Gasteiger partial charge in [-0.15, -0.1) is 0 Å². The van der Waals surface area contributed by atoms with E-state index in [1.165, 1.54) is 5.56 Å². The number of hydrogen-bond acceptors (Lipinski definition) is 3. The average molecular weight is 237 g/mol. The van der Waals surface area contributed by atoms with Crippen LogP contribution >= 0.6 is 0 Å². The van der Waals surface area contributed by atoms with Crippen molar-refractivity contribution in [3.8, 4) is 6.07 Å². The number of nitriles is 1. The van der Waals surface area contributed by atoms with E-state index < -0.39 is 0 Å². The van der Waals surface area contributed by atoms with Crippen LogP contribution in [0.25, 0.3) is 0 Å². The fraction of sp³-hybridized carbons (Fsp3) is 0.200. The third-order valence-corrected chi connectivity index (χ3v) is 2.64. The first-order valence-electron chi connectivity index (χ1n) is 5.95. The highest BCUT2D eigenvalue weighted by Gasteiger charge is 2.04. The second-order valence-corrected chi connectivity index (χ2v) is 4.25. The minimum Gasteiger partial charge on any atom is -0.367 e. The summed E-state index contributed by atoms with van der Waals surface area (Å²) in [5.74, 6) is 0.748. The Morgan fingerprint density at radius 3 is 2.67 bits per heavy atom. The Morgan fingerprint density at radius 2 is 1.94 bits per heavy atom. The van der Waals surface area contributed by atoms with Crippen LogP contribution in [0.4, 0.5) is 5.82 Å². The molecule has 1 aromatic carbocycles. The van der Waals surface area contributed by atoms with Crippen LogP contribution in [0.5, 0.6) is 0 Å². The summed E-state index contributed by atoms with van der Waals surface area (Å²) < 4.78 is 0. The molecule has 0 amide bonds. The topological polar surface area (TPSA) is 48.7 Å². The highest BCUT2D eigenvalue weighted by Crippen LogP contribution is 2.09. The van der Waals surface area contributed by atoms with E-state index in [1.54, 1.807) is 6.07 Å². The molecule has 0 aliphatic rings. The molecule has 3 nitrogen and oxygen atoms in total. The summed E-state index contributed by atoms with van der Waals surface area (Å²) in [7, 11) is 0. The summed E-state index contributed by atoms with van der Waals surface area (Å²) in [4.78, 5) is 4.20. The first-order chi connectivity index (χ1) is 8.78. The van der Waals surface area contributed by atoms with E-state index in [0.717, 1.165) is 12.2 Å². The van der Waals surface area contributed by atoms with E-state index in [1.807, 2.05) is 36.4 Å². The van der Waals surface area contributed by atoms with E-state index in [-0.39, 0.29) is 6.04 Å². The van der Waals surface area contributed by atoms with Crippen molar-refractivity contribution >= 4 is 5.82 Å². The lowest BCUT2D eigenvalue weighted by molar-refractivity contribution is 0.784. The SMILES string of the molecule is CC(Cc1ccccc1)Nc1cccc(C#N)n1. The number of pyridine rings is 1. The van der Waals surface area contributed by atoms with Gasteiger partial charge in [0.05, 0.1) is 0 Å². The molecule has 2 aromatic rings. The molecule has 1 atom stereocenters. The minimum absolute atomic E-state index is 0.272. The molecule has 90 valence electrons. The van der Waals surface area contributed by atoms with Crippen LogP contribution in [0.3, 0.4) is 0 Å². The largest absolute Gasteiger partial charge is 0.367 e. The van der Waals surface area contributed by atoms with Gasteiger partial charge in [0.15, 0.2) is 0 Å². The van der Waals surface area contributed by atoms with Crippen molar-refractivity contribution in [2.45, 2.75) is 19.4 Å². The van der Waals surface area contributed by atoms with Gasteiger partial charge < -0.3 is 5.32 Å². The molecule has 2 rings (SSSR count). The zero-order valence-electron chi connectivity index (χ0n) is 10.3. The predicted octanol–water partition coefficient (Wildman–Crippen LogP) is 3.00. The maximum atomic E-state index is 8.79. The average Bonchev–Trinajstić information content (AvgIpc) is 2.40. The molecule has 1 unspecified atom stereocenters. The number of aromatic nitrogens is 1. The van der Waals surface area contributed by atoms with Gasteiger partial charge in [-0.3, -0.25) is 0 Å². The second-order valence-electron chi connectivity index (χ2n) is 4.25. The molecule has 0 aliphatic carbocycles. The van der Waals surface area contributed by atoms with E-state index in [0.29, 0.717) is 5.69 Å². The number of benzene rings is 1. The number of anilines is 1. The summed E-state index contributed by atoms with van der Waals surface area (Å²) in [5.41, 5.74) is 1.72. The van der Waals surface area contributed by atoms with Crippen molar-refractivity contribution in [3.63, 3.8) is 0 Å². The van der Waals surface area contributed by atoms with Crippen LogP contribution < -0.4 is 5.32 Å². The molecule has 1 N–H and O–H groups in total. The first-order valence-corrected chi connectivity index (χ1v) is 5.95. The third kappa shape index (κ3) is 3.33. The lowest BCUT2D eigenvalue weighted by atomic mass is 10.1. The Labute approximate surface area is 107 Å². The Morgan fingerprint density at radius 1 is 1.17 bits per heavy atom. The molecule has 18 heavy (non-hydrogen) atoms. The van der Waals surface area contributed by atoms with Crippen LogP contribution in [0, 0.1) is 11.3 Å². The van der Waals surface area contributed by atoms with Gasteiger partial charge in [-0.05, 0) is 31.0 Å². The number of nitrogens with zero attached hydrogens (tertiary/aromatic N) is 2. The van der Waals surface area contributed by atoms with Crippen LogP contribution in [0.2, 0.25) is 0 Å². The highest BCUT2D eigenvalue weighted by atomic mass is 15.0. The van der Waals surface area contributed by atoms with Crippen molar-refractivity contribution < 1.29 is 0 Å². The van der Waals surface area contributed by atoms with Crippen molar-refractivity contribution in [2.24, 2.45) is 0 Å². The lowest BCUT2D eigenvalue weighted by Gasteiger charge is -2.14. The van der Waals surface area contributed by atoms with Crippen molar-refractivity contribution in [1.29, 1.82) is 5.26 Å². The Balaban J connectivity index is 1.99. The maximum absolute atomic E-state index is 8.79. The zero-order valence-corrected chi connectivity index (χ0v) is 10.3. The van der Waals surface area contributed by atoms with E-state index >= 15 is 0 Å². The monoisotopic (exact) mass is 237 g/mol. The van der Waals surface area contributed by atoms with Crippen LogP contribution in [0.1, 0.15) is 18.2 Å². The number of nitrogens with one attached hydrogen (secondary N) is 1. The van der Waals surface area contributed by atoms with E-state index in [4.69, 9.17) is 5.26 Å². The molecule has 3 heteroatoms. The third-order valence-electron chi connectivity index (χ3n) is 2.64. The minimum atomic E-state index is 0.272. The second kappa shape index (κ2) is 5.83. The van der Waals surface area contributed by atoms with E-state index in [9.17, 15) is 0 Å². The molecule has 0 bridgehead atoms. The van der Waals surface area contributed by atoms with E-state index in [2.05, 4.69) is 29.4 Å². The molecule has 0 fully saturated rings. The Bertz CT molecular complexity index is 543. The molecule has 0 saturated carbocycles. The Hall–Kier alpha value is -2.34. The summed E-state index contributed by atoms with van der Waals surface area (Å²) in [5, 5.41) is 12.1. The number of hydrogen-bond donors (Lipinski definition) is 1. The van der Waals surface area contributed by atoms with Gasteiger partial charge in [0.25, 0.3) is 0 Å². The quantitative estimate of drug-likeness (QED) is 0.889. The van der Waals surface area contributed by atoms with Gasteiger partial charge in [-0.25, -0.2) is 4.98 Å². The molecule has 1 aromatic heterocycles. The van der Waals surface area contributed by atoms with Crippen LogP contribution in [-0.2, 0) is 6.42 Å². The van der Waals surface area contributed by atoms with Gasteiger partial charge in [0.1, 0.15) is 17.6 Å². The molecule has 0 saturated heterocycles. The molecule has 1 heterocycles. The van der Waals surface area contributed by atoms with Crippen LogP contribution in [0.15, 0.2) is 48.5 Å². The summed E-state index contributed by atoms with van der Waals surface area (Å²) in [6, 6.07) is 18.0. The van der Waals surface area contributed by atoms with Crippen LogP contribution in [-0.4, -0.2) is 11.0 Å². The highest BCUT2D eigenvalue weighted by molar-refractivity contribution is 5.39. The number of rotatable bonds is 4.